The zero-order chi connectivity index (χ0) is 8.43. The van der Waals surface area contributed by atoms with Gasteiger partial charge in [-0.25, -0.2) is 4.98 Å². The number of aryl methyl sites for hydroxylation is 1. The molecule has 0 aliphatic carbocycles. The largest absolute Gasteiger partial charge is 0.253 e. The predicted octanol–water partition coefficient (Wildman–Crippen LogP) is 1.89. The van der Waals surface area contributed by atoms with E-state index in [1.54, 1.807) is 12.3 Å². The van der Waals surface area contributed by atoms with Crippen molar-refractivity contribution in [3.8, 4) is 0 Å². The summed E-state index contributed by atoms with van der Waals surface area (Å²) in [7, 11) is -0.979. The van der Waals surface area contributed by atoms with Gasteiger partial charge in [0.25, 0.3) is 0 Å². The van der Waals surface area contributed by atoms with Gasteiger partial charge in [0.2, 0.25) is 0 Å². The van der Waals surface area contributed by atoms with Crippen molar-refractivity contribution in [2.45, 2.75) is 11.9 Å². The molecule has 0 N–H and O–H groups in total. The topological polar surface area (TPSA) is 30.0 Å². The van der Waals surface area contributed by atoms with Crippen LogP contribution in [-0.2, 0) is 10.8 Å². The molecule has 11 heavy (non-hydrogen) atoms. The molecule has 1 atom stereocenters. The lowest BCUT2D eigenvalue weighted by atomic mass is 10.4. The van der Waals surface area contributed by atoms with Crippen LogP contribution in [0.3, 0.4) is 0 Å². The van der Waals surface area contributed by atoms with Gasteiger partial charge in [-0.1, -0.05) is 0 Å². The fourth-order valence-corrected chi connectivity index (χ4v) is 1.43. The highest BCUT2D eigenvalue weighted by atomic mass is 79.9. The van der Waals surface area contributed by atoms with Crippen LogP contribution in [0.4, 0.5) is 0 Å². The van der Waals surface area contributed by atoms with E-state index in [1.165, 1.54) is 0 Å². The Kier molecular flexibility index (Phi) is 2.78. The smallest absolute Gasteiger partial charge is 0.127 e. The number of rotatable bonds is 1. The molecule has 1 unspecified atom stereocenters. The fraction of sp³-hybridized carbons (Fsp3) is 0.286. The van der Waals surface area contributed by atoms with Crippen LogP contribution in [0.5, 0.6) is 0 Å². The van der Waals surface area contributed by atoms with Crippen LogP contribution in [0.15, 0.2) is 21.6 Å². The zero-order valence-corrected chi connectivity index (χ0v) is 8.70. The van der Waals surface area contributed by atoms with Gasteiger partial charge in [0.05, 0.1) is 16.5 Å². The van der Waals surface area contributed by atoms with Gasteiger partial charge in [-0.05, 0) is 35.0 Å². The van der Waals surface area contributed by atoms with Crippen LogP contribution in [0.25, 0.3) is 0 Å². The molecule has 0 saturated heterocycles. The van der Waals surface area contributed by atoms with Crippen molar-refractivity contribution >= 4 is 26.7 Å². The molecule has 60 valence electrons. The van der Waals surface area contributed by atoms with Crippen LogP contribution in [0.2, 0.25) is 0 Å². The summed E-state index contributed by atoms with van der Waals surface area (Å²) < 4.78 is 11.9. The maximum Gasteiger partial charge on any atom is 0.127 e. The molecule has 0 radical (unpaired) electrons. The first-order valence-electron chi connectivity index (χ1n) is 3.08. The summed E-state index contributed by atoms with van der Waals surface area (Å²) >= 11 is 3.32. The summed E-state index contributed by atoms with van der Waals surface area (Å²) in [5, 5.41) is 0.630. The molecule has 0 saturated carbocycles. The Morgan fingerprint density at radius 1 is 1.55 bits per heavy atom. The van der Waals surface area contributed by atoms with Gasteiger partial charge in [-0.3, -0.25) is 4.21 Å². The maximum atomic E-state index is 10.9. The number of hydrogen-bond donors (Lipinski definition) is 0. The number of pyridine rings is 1. The summed E-state index contributed by atoms with van der Waals surface area (Å²) in [6.07, 6.45) is 1.62. The first-order chi connectivity index (χ1) is 5.11. The Hall–Kier alpha value is -0.220. The maximum absolute atomic E-state index is 10.9. The predicted molar refractivity (Wildman–Crippen MR) is 49.0 cm³/mol. The van der Waals surface area contributed by atoms with Crippen LogP contribution in [0, 0.1) is 6.92 Å². The van der Waals surface area contributed by atoms with E-state index in [1.807, 2.05) is 13.0 Å². The SMILES string of the molecule is Cc1nc(S(C)=O)ccc1Br. The standard InChI is InChI=1S/C7H8BrNOS/c1-5-6(8)3-4-7(9-5)11(2)10/h3-4H,1-2H3. The average molecular weight is 234 g/mol. The van der Waals surface area contributed by atoms with Gasteiger partial charge < -0.3 is 0 Å². The van der Waals surface area contributed by atoms with Crippen molar-refractivity contribution in [3.05, 3.63) is 22.3 Å². The van der Waals surface area contributed by atoms with Gasteiger partial charge in [-0.15, -0.1) is 0 Å². The third-order valence-corrected chi connectivity index (χ3v) is 2.94. The van der Waals surface area contributed by atoms with Crippen LogP contribution in [0.1, 0.15) is 5.69 Å². The molecule has 0 bridgehead atoms. The second-order valence-electron chi connectivity index (χ2n) is 2.17. The Balaban J connectivity index is 3.15. The molecular weight excluding hydrogens is 226 g/mol. The van der Waals surface area contributed by atoms with Gasteiger partial charge in [0.15, 0.2) is 0 Å². The van der Waals surface area contributed by atoms with Gasteiger partial charge in [0.1, 0.15) is 5.03 Å². The van der Waals surface area contributed by atoms with E-state index in [-0.39, 0.29) is 0 Å². The van der Waals surface area contributed by atoms with Crippen molar-refractivity contribution < 1.29 is 4.21 Å². The monoisotopic (exact) mass is 233 g/mol. The highest BCUT2D eigenvalue weighted by molar-refractivity contribution is 9.10. The number of hydrogen-bond acceptors (Lipinski definition) is 2. The van der Waals surface area contributed by atoms with E-state index in [4.69, 9.17) is 0 Å². The Morgan fingerprint density at radius 3 is 2.64 bits per heavy atom. The zero-order valence-electron chi connectivity index (χ0n) is 6.30. The molecule has 0 aromatic carbocycles. The normalized spacial score (nSPS) is 13.0. The third-order valence-electron chi connectivity index (χ3n) is 1.29. The average Bonchev–Trinajstić information content (AvgIpc) is 1.94. The Bertz CT molecular complexity index is 300. The van der Waals surface area contributed by atoms with E-state index < -0.39 is 10.8 Å². The molecule has 1 aromatic rings. The summed E-state index contributed by atoms with van der Waals surface area (Å²) in [6, 6.07) is 3.62. The minimum Gasteiger partial charge on any atom is -0.253 e. The fourth-order valence-electron chi connectivity index (χ4n) is 0.681. The molecule has 2 nitrogen and oxygen atoms in total. The lowest BCUT2D eigenvalue weighted by Crippen LogP contribution is -1.93. The summed E-state index contributed by atoms with van der Waals surface area (Å²) in [5.41, 5.74) is 0.873. The number of halogens is 1. The minimum atomic E-state index is -0.979. The summed E-state index contributed by atoms with van der Waals surface area (Å²) in [6.45, 7) is 1.88. The first kappa shape index (κ1) is 8.87. The lowest BCUT2D eigenvalue weighted by Gasteiger charge is -1.98. The summed E-state index contributed by atoms with van der Waals surface area (Å²) in [4.78, 5) is 4.13. The van der Waals surface area contributed by atoms with Crippen LogP contribution >= 0.6 is 15.9 Å². The van der Waals surface area contributed by atoms with Crippen molar-refractivity contribution in [2.24, 2.45) is 0 Å². The highest BCUT2D eigenvalue weighted by Crippen LogP contribution is 2.14. The second-order valence-corrected chi connectivity index (χ2v) is 4.35. The van der Waals surface area contributed by atoms with Crippen molar-refractivity contribution in [2.75, 3.05) is 6.26 Å². The van der Waals surface area contributed by atoms with Gasteiger partial charge in [0, 0.05) is 10.7 Å². The number of aromatic nitrogens is 1. The van der Waals surface area contributed by atoms with E-state index >= 15 is 0 Å². The molecule has 0 amide bonds. The Labute approximate surface area is 76.6 Å². The molecule has 1 rings (SSSR count). The van der Waals surface area contributed by atoms with Crippen molar-refractivity contribution in [3.63, 3.8) is 0 Å². The molecular formula is C7H8BrNOS. The molecule has 0 spiro atoms. The second kappa shape index (κ2) is 3.45. The molecule has 0 fully saturated rings. The van der Waals surface area contributed by atoms with Gasteiger partial charge in [-0.2, -0.15) is 0 Å². The van der Waals surface area contributed by atoms with Gasteiger partial charge >= 0.3 is 0 Å². The van der Waals surface area contributed by atoms with Crippen molar-refractivity contribution in [1.82, 2.24) is 4.98 Å². The highest BCUT2D eigenvalue weighted by Gasteiger charge is 2.00. The van der Waals surface area contributed by atoms with Crippen LogP contribution in [-0.4, -0.2) is 15.4 Å². The van der Waals surface area contributed by atoms with E-state index in [0.717, 1.165) is 10.2 Å². The quantitative estimate of drug-likeness (QED) is 0.742. The minimum absolute atomic E-state index is 0.630. The van der Waals surface area contributed by atoms with E-state index in [0.29, 0.717) is 5.03 Å². The summed E-state index contributed by atoms with van der Waals surface area (Å²) in [5.74, 6) is 0. The van der Waals surface area contributed by atoms with E-state index in [2.05, 4.69) is 20.9 Å². The molecule has 1 heterocycles. The van der Waals surface area contributed by atoms with E-state index in [9.17, 15) is 4.21 Å². The molecule has 0 aliphatic heterocycles. The van der Waals surface area contributed by atoms with Crippen molar-refractivity contribution in [1.29, 1.82) is 0 Å². The Morgan fingerprint density at radius 2 is 2.18 bits per heavy atom. The molecule has 0 aliphatic rings. The molecule has 1 aromatic heterocycles. The lowest BCUT2D eigenvalue weighted by molar-refractivity contribution is 0.683. The van der Waals surface area contributed by atoms with Crippen LogP contribution < -0.4 is 0 Å². The molecule has 4 heteroatoms. The number of nitrogens with zero attached hydrogens (tertiary/aromatic N) is 1. The first-order valence-corrected chi connectivity index (χ1v) is 5.43. The third kappa shape index (κ3) is 2.10.